The van der Waals surface area contributed by atoms with Crippen molar-refractivity contribution >= 4 is 17.2 Å². The van der Waals surface area contributed by atoms with Crippen LogP contribution in [-0.4, -0.2) is 24.5 Å². The zero-order chi connectivity index (χ0) is 19.8. The van der Waals surface area contributed by atoms with E-state index in [0.29, 0.717) is 39.9 Å². The Bertz CT molecular complexity index is 1300. The van der Waals surface area contributed by atoms with Gasteiger partial charge in [-0.3, -0.25) is 9.38 Å². The molecule has 0 bridgehead atoms. The smallest absolute Gasteiger partial charge is 0.219 e. The molecule has 0 amide bonds. The number of hydrogen-bond donors (Lipinski definition) is 1. The van der Waals surface area contributed by atoms with Gasteiger partial charge in [0.2, 0.25) is 5.88 Å². The molecule has 0 fully saturated rings. The molecule has 4 heterocycles. The second-order valence-corrected chi connectivity index (χ2v) is 7.00. The van der Waals surface area contributed by atoms with Crippen molar-refractivity contribution in [1.29, 1.82) is 0 Å². The quantitative estimate of drug-likeness (QED) is 0.457. The van der Waals surface area contributed by atoms with Gasteiger partial charge in [0.1, 0.15) is 17.1 Å². The number of halogens is 1. The lowest BCUT2D eigenvalue weighted by Gasteiger charge is -2.08. The number of aromatic nitrogens is 4. The predicted molar refractivity (Wildman–Crippen MR) is 110 cm³/mol. The summed E-state index contributed by atoms with van der Waals surface area (Å²) in [5, 5.41) is 11.4. The van der Waals surface area contributed by atoms with Gasteiger partial charge in [-0.05, 0) is 18.2 Å². The fourth-order valence-corrected chi connectivity index (χ4v) is 3.44. The molecule has 0 saturated heterocycles. The molecule has 0 aliphatic carbocycles. The molecule has 6 nitrogen and oxygen atoms in total. The highest BCUT2D eigenvalue weighted by Crippen LogP contribution is 2.32. The number of aromatic hydroxyl groups is 1. The molecule has 142 valence electrons. The van der Waals surface area contributed by atoms with E-state index in [9.17, 15) is 5.11 Å². The Hall–Kier alpha value is -3.64. The first-order valence-corrected chi connectivity index (χ1v) is 9.36. The van der Waals surface area contributed by atoms with E-state index >= 15 is 0 Å². The molecule has 4 aromatic heterocycles. The van der Waals surface area contributed by atoms with Gasteiger partial charge < -0.3 is 9.52 Å². The van der Waals surface area contributed by atoms with Crippen LogP contribution in [-0.2, 0) is 6.42 Å². The lowest BCUT2D eigenvalue weighted by Crippen LogP contribution is -1.96. The van der Waals surface area contributed by atoms with Crippen LogP contribution in [0, 0.1) is 0 Å². The Morgan fingerprint density at radius 2 is 1.86 bits per heavy atom. The summed E-state index contributed by atoms with van der Waals surface area (Å²) < 4.78 is 7.05. The summed E-state index contributed by atoms with van der Waals surface area (Å²) in [6.45, 7) is 0. The summed E-state index contributed by atoms with van der Waals surface area (Å²) >= 11 is 6.15. The van der Waals surface area contributed by atoms with Gasteiger partial charge in [-0.2, -0.15) is 0 Å². The average Bonchev–Trinajstić information content (AvgIpc) is 3.37. The number of fused-ring (bicyclic) bond motifs is 1. The van der Waals surface area contributed by atoms with Crippen LogP contribution in [0.2, 0.25) is 5.02 Å². The second-order valence-electron chi connectivity index (χ2n) is 6.56. The van der Waals surface area contributed by atoms with Crippen molar-refractivity contribution in [3.8, 4) is 28.4 Å². The maximum atomic E-state index is 10.9. The van der Waals surface area contributed by atoms with Crippen molar-refractivity contribution in [1.82, 2.24) is 19.4 Å². The van der Waals surface area contributed by atoms with Crippen LogP contribution in [0.15, 0.2) is 77.8 Å². The molecule has 5 rings (SSSR count). The normalized spacial score (nSPS) is 11.2. The lowest BCUT2D eigenvalue weighted by atomic mass is 10.1. The van der Waals surface area contributed by atoms with Gasteiger partial charge in [0, 0.05) is 29.7 Å². The van der Waals surface area contributed by atoms with Crippen LogP contribution < -0.4 is 0 Å². The molecule has 7 heteroatoms. The number of hydrogen-bond acceptors (Lipinski definition) is 5. The topological polar surface area (TPSA) is 76.5 Å². The minimum Gasteiger partial charge on any atom is -0.493 e. The van der Waals surface area contributed by atoms with Gasteiger partial charge >= 0.3 is 0 Å². The van der Waals surface area contributed by atoms with Crippen LogP contribution >= 0.6 is 11.6 Å². The standard InChI is InChI=1S/C22H15ClN4O2/c23-16-9-15(11-24-12-16)20-21-26-18(10-17-7-4-8-29-17)22(28)27(21)13-19(25-20)14-5-2-1-3-6-14/h1-9,11-13,28H,10H2. The molecule has 0 saturated carbocycles. The highest BCUT2D eigenvalue weighted by Gasteiger charge is 2.19. The van der Waals surface area contributed by atoms with Crippen molar-refractivity contribution in [3.05, 3.63) is 89.9 Å². The third kappa shape index (κ3) is 3.23. The molecule has 0 aliphatic rings. The van der Waals surface area contributed by atoms with E-state index in [2.05, 4.69) is 9.97 Å². The first-order valence-electron chi connectivity index (χ1n) is 8.99. The minimum atomic E-state index is 0.0484. The van der Waals surface area contributed by atoms with Gasteiger partial charge in [0.15, 0.2) is 5.65 Å². The maximum absolute atomic E-state index is 10.9. The Morgan fingerprint density at radius 1 is 1.00 bits per heavy atom. The second kappa shape index (κ2) is 7.07. The zero-order valence-corrected chi connectivity index (χ0v) is 15.9. The van der Waals surface area contributed by atoms with Crippen molar-refractivity contribution in [2.45, 2.75) is 6.42 Å². The van der Waals surface area contributed by atoms with Crippen LogP contribution in [0.1, 0.15) is 11.5 Å². The van der Waals surface area contributed by atoms with E-state index < -0.39 is 0 Å². The molecule has 0 spiro atoms. The fraction of sp³-hybridized carbons (Fsp3) is 0.0455. The summed E-state index contributed by atoms with van der Waals surface area (Å²) in [6, 6.07) is 15.2. The number of nitrogens with zero attached hydrogens (tertiary/aromatic N) is 4. The first-order chi connectivity index (χ1) is 14.2. The van der Waals surface area contributed by atoms with Crippen LogP contribution in [0.5, 0.6) is 5.88 Å². The predicted octanol–water partition coefficient (Wildman–Crippen LogP) is 5.00. The van der Waals surface area contributed by atoms with E-state index in [4.69, 9.17) is 21.0 Å². The lowest BCUT2D eigenvalue weighted by molar-refractivity contribution is 0.438. The third-order valence-electron chi connectivity index (χ3n) is 4.62. The van der Waals surface area contributed by atoms with Gasteiger partial charge in [-0.15, -0.1) is 0 Å². The van der Waals surface area contributed by atoms with Crippen molar-refractivity contribution < 1.29 is 9.52 Å². The number of benzene rings is 1. The average molecular weight is 403 g/mol. The van der Waals surface area contributed by atoms with Crippen molar-refractivity contribution in [3.63, 3.8) is 0 Å². The number of pyridine rings is 1. The van der Waals surface area contributed by atoms with Crippen molar-refractivity contribution in [2.75, 3.05) is 0 Å². The Morgan fingerprint density at radius 3 is 2.62 bits per heavy atom. The third-order valence-corrected chi connectivity index (χ3v) is 4.83. The van der Waals surface area contributed by atoms with Crippen LogP contribution in [0.25, 0.3) is 28.2 Å². The molecular formula is C22H15ClN4O2. The minimum absolute atomic E-state index is 0.0484. The zero-order valence-electron chi connectivity index (χ0n) is 15.2. The number of imidazole rings is 1. The van der Waals surface area contributed by atoms with E-state index in [1.54, 1.807) is 41.4 Å². The number of rotatable bonds is 4. The summed E-state index contributed by atoms with van der Waals surface area (Å²) in [5.74, 6) is 0.762. The number of furan rings is 1. The van der Waals surface area contributed by atoms with Crippen molar-refractivity contribution in [2.24, 2.45) is 0 Å². The summed E-state index contributed by atoms with van der Waals surface area (Å²) in [4.78, 5) is 13.6. The van der Waals surface area contributed by atoms with Crippen LogP contribution in [0.3, 0.4) is 0 Å². The Balaban J connectivity index is 1.76. The molecule has 0 unspecified atom stereocenters. The SMILES string of the molecule is Oc1c(Cc2ccco2)nc2c(-c3cncc(Cl)c3)nc(-c3ccccc3)cn12. The fourth-order valence-electron chi connectivity index (χ4n) is 3.26. The molecule has 0 radical (unpaired) electrons. The van der Waals surface area contributed by atoms with Gasteiger partial charge in [0.05, 0.1) is 23.4 Å². The Kier molecular flexibility index (Phi) is 4.26. The summed E-state index contributed by atoms with van der Waals surface area (Å²) in [5.41, 5.74) is 3.95. The Labute approximate surface area is 171 Å². The molecule has 29 heavy (non-hydrogen) atoms. The first kappa shape index (κ1) is 17.5. The summed E-state index contributed by atoms with van der Waals surface area (Å²) in [6.07, 6.45) is 6.99. The van der Waals surface area contributed by atoms with Gasteiger partial charge in [-0.25, -0.2) is 9.97 Å². The van der Waals surface area contributed by atoms with Gasteiger partial charge in [-0.1, -0.05) is 41.9 Å². The van der Waals surface area contributed by atoms with E-state index in [-0.39, 0.29) is 5.88 Å². The highest BCUT2D eigenvalue weighted by molar-refractivity contribution is 6.30. The molecule has 5 aromatic rings. The van der Waals surface area contributed by atoms with Gasteiger partial charge in [0.25, 0.3) is 0 Å². The van der Waals surface area contributed by atoms with E-state index in [1.165, 1.54) is 0 Å². The molecule has 0 aliphatic heterocycles. The maximum Gasteiger partial charge on any atom is 0.219 e. The van der Waals surface area contributed by atoms with Crippen LogP contribution in [0.4, 0.5) is 0 Å². The van der Waals surface area contributed by atoms with E-state index in [1.807, 2.05) is 36.4 Å². The summed E-state index contributed by atoms with van der Waals surface area (Å²) in [7, 11) is 0. The van der Waals surface area contributed by atoms with E-state index in [0.717, 1.165) is 11.1 Å². The molecule has 0 atom stereocenters. The molecule has 1 N–H and O–H groups in total. The molecule has 1 aromatic carbocycles. The molecular weight excluding hydrogens is 388 g/mol. The largest absolute Gasteiger partial charge is 0.493 e. The highest BCUT2D eigenvalue weighted by atomic mass is 35.5. The monoisotopic (exact) mass is 402 g/mol.